The Morgan fingerprint density at radius 2 is 1.93 bits per heavy atom. The minimum absolute atomic E-state index is 0.685. The van der Waals surface area contributed by atoms with Crippen molar-refractivity contribution in [1.82, 2.24) is 0 Å². The number of rotatable bonds is 8. The van der Waals surface area contributed by atoms with Crippen molar-refractivity contribution >= 4 is 11.8 Å². The SMILES string of the molecule is C=C(SCCCCCC)C(C)(O)CC. The van der Waals surface area contributed by atoms with Crippen LogP contribution >= 0.6 is 11.8 Å². The minimum Gasteiger partial charge on any atom is -0.385 e. The molecule has 1 N–H and O–H groups in total. The van der Waals surface area contributed by atoms with Crippen LogP contribution in [-0.2, 0) is 0 Å². The van der Waals surface area contributed by atoms with Crippen LogP contribution in [0.1, 0.15) is 52.9 Å². The Balaban J connectivity index is 3.54. The van der Waals surface area contributed by atoms with Crippen LogP contribution in [0, 0.1) is 0 Å². The maximum Gasteiger partial charge on any atom is 0.0918 e. The van der Waals surface area contributed by atoms with Gasteiger partial charge in [0.15, 0.2) is 0 Å². The summed E-state index contributed by atoms with van der Waals surface area (Å²) in [5.41, 5.74) is -0.685. The predicted octanol–water partition coefficient (Wildman–Crippen LogP) is 3.97. The molecule has 1 unspecified atom stereocenters. The van der Waals surface area contributed by atoms with Gasteiger partial charge in [0.25, 0.3) is 0 Å². The third-order valence-corrected chi connectivity index (χ3v) is 3.84. The fourth-order valence-corrected chi connectivity index (χ4v) is 2.13. The Kier molecular flexibility index (Phi) is 7.38. The van der Waals surface area contributed by atoms with Gasteiger partial charge in [0.1, 0.15) is 0 Å². The van der Waals surface area contributed by atoms with Crippen LogP contribution in [0.3, 0.4) is 0 Å². The molecule has 2 heteroatoms. The normalized spacial score (nSPS) is 15.1. The first kappa shape index (κ1) is 14.1. The van der Waals surface area contributed by atoms with E-state index in [1.807, 2.05) is 13.8 Å². The minimum atomic E-state index is -0.685. The first-order valence-electron chi connectivity index (χ1n) is 5.59. The summed E-state index contributed by atoms with van der Waals surface area (Å²) in [5, 5.41) is 9.87. The number of aliphatic hydroxyl groups is 1. The number of hydrogen-bond acceptors (Lipinski definition) is 2. The van der Waals surface area contributed by atoms with Crippen molar-refractivity contribution in [3.8, 4) is 0 Å². The molecule has 0 fully saturated rings. The Morgan fingerprint density at radius 1 is 1.29 bits per heavy atom. The summed E-state index contributed by atoms with van der Waals surface area (Å²) >= 11 is 1.71. The summed E-state index contributed by atoms with van der Waals surface area (Å²) in [6.07, 6.45) is 5.87. The van der Waals surface area contributed by atoms with Gasteiger partial charge in [-0.15, -0.1) is 11.8 Å². The lowest BCUT2D eigenvalue weighted by atomic mass is 10.0. The first-order valence-corrected chi connectivity index (χ1v) is 6.57. The highest BCUT2D eigenvalue weighted by Gasteiger charge is 2.21. The standard InChI is InChI=1S/C12H24OS/c1-5-7-8-9-10-14-11(3)12(4,13)6-2/h13H,3,5-10H2,1-2,4H3. The lowest BCUT2D eigenvalue weighted by molar-refractivity contribution is 0.104. The summed E-state index contributed by atoms with van der Waals surface area (Å²) in [6, 6.07) is 0. The zero-order valence-corrected chi connectivity index (χ0v) is 10.6. The highest BCUT2D eigenvalue weighted by atomic mass is 32.2. The summed E-state index contributed by atoms with van der Waals surface area (Å²) in [5.74, 6) is 1.09. The van der Waals surface area contributed by atoms with Gasteiger partial charge in [-0.1, -0.05) is 39.7 Å². The molecule has 0 saturated heterocycles. The number of thioether (sulfide) groups is 1. The van der Waals surface area contributed by atoms with Gasteiger partial charge in [-0.25, -0.2) is 0 Å². The van der Waals surface area contributed by atoms with Crippen LogP contribution < -0.4 is 0 Å². The van der Waals surface area contributed by atoms with Crippen molar-refractivity contribution < 1.29 is 5.11 Å². The molecule has 0 rings (SSSR count). The van der Waals surface area contributed by atoms with Gasteiger partial charge >= 0.3 is 0 Å². The average molecular weight is 216 g/mol. The van der Waals surface area contributed by atoms with Gasteiger partial charge < -0.3 is 5.11 Å². The Bertz CT molecular complexity index is 164. The summed E-state index contributed by atoms with van der Waals surface area (Å²) in [4.78, 5) is 0.913. The molecule has 0 bridgehead atoms. The van der Waals surface area contributed by atoms with Crippen LogP contribution in [0.25, 0.3) is 0 Å². The highest BCUT2D eigenvalue weighted by Crippen LogP contribution is 2.29. The van der Waals surface area contributed by atoms with Crippen molar-refractivity contribution in [3.63, 3.8) is 0 Å². The van der Waals surface area contributed by atoms with Gasteiger partial charge in [-0.2, -0.15) is 0 Å². The van der Waals surface area contributed by atoms with Crippen LogP contribution in [0.4, 0.5) is 0 Å². The molecule has 0 saturated carbocycles. The fourth-order valence-electron chi connectivity index (χ4n) is 1.08. The first-order chi connectivity index (χ1) is 6.54. The van der Waals surface area contributed by atoms with Gasteiger partial charge in [0.2, 0.25) is 0 Å². The van der Waals surface area contributed by atoms with Gasteiger partial charge in [-0.3, -0.25) is 0 Å². The van der Waals surface area contributed by atoms with Crippen molar-refractivity contribution in [2.24, 2.45) is 0 Å². The molecule has 0 aromatic heterocycles. The van der Waals surface area contributed by atoms with E-state index in [4.69, 9.17) is 0 Å². The number of unbranched alkanes of at least 4 members (excludes halogenated alkanes) is 3. The second-order valence-corrected chi connectivity index (χ2v) is 5.15. The molecule has 1 atom stereocenters. The molecule has 0 aromatic rings. The Morgan fingerprint density at radius 3 is 2.43 bits per heavy atom. The predicted molar refractivity (Wildman–Crippen MR) is 66.7 cm³/mol. The molecule has 0 aliphatic heterocycles. The summed E-state index contributed by atoms with van der Waals surface area (Å²) in [7, 11) is 0. The Labute approximate surface area is 93.0 Å². The summed E-state index contributed by atoms with van der Waals surface area (Å²) in [6.45, 7) is 9.97. The topological polar surface area (TPSA) is 20.2 Å². The van der Waals surface area contributed by atoms with Crippen LogP contribution in [0.5, 0.6) is 0 Å². The van der Waals surface area contributed by atoms with Gasteiger partial charge in [0.05, 0.1) is 5.60 Å². The molecule has 0 aliphatic carbocycles. The third-order valence-electron chi connectivity index (χ3n) is 2.56. The molecular weight excluding hydrogens is 192 g/mol. The molecule has 0 aromatic carbocycles. The average Bonchev–Trinajstić information content (AvgIpc) is 2.17. The van der Waals surface area contributed by atoms with E-state index in [9.17, 15) is 5.11 Å². The number of hydrogen-bond donors (Lipinski definition) is 1. The Hall–Kier alpha value is 0.0500. The van der Waals surface area contributed by atoms with Crippen molar-refractivity contribution in [2.45, 2.75) is 58.5 Å². The maximum absolute atomic E-state index is 9.87. The van der Waals surface area contributed by atoms with E-state index < -0.39 is 5.60 Å². The molecule has 14 heavy (non-hydrogen) atoms. The fraction of sp³-hybridized carbons (Fsp3) is 0.833. The molecule has 0 amide bonds. The van der Waals surface area contributed by atoms with Crippen molar-refractivity contribution in [2.75, 3.05) is 5.75 Å². The smallest absolute Gasteiger partial charge is 0.0918 e. The second-order valence-electron chi connectivity index (χ2n) is 3.96. The molecule has 1 nitrogen and oxygen atoms in total. The molecule has 0 spiro atoms. The van der Waals surface area contributed by atoms with Crippen LogP contribution in [0.2, 0.25) is 0 Å². The zero-order chi connectivity index (χ0) is 11.0. The summed E-state index contributed by atoms with van der Waals surface area (Å²) < 4.78 is 0. The van der Waals surface area contributed by atoms with E-state index in [1.54, 1.807) is 11.8 Å². The van der Waals surface area contributed by atoms with E-state index in [0.29, 0.717) is 0 Å². The second kappa shape index (κ2) is 7.36. The largest absolute Gasteiger partial charge is 0.385 e. The quantitative estimate of drug-likeness (QED) is 0.619. The van der Waals surface area contributed by atoms with E-state index in [2.05, 4.69) is 13.5 Å². The zero-order valence-electron chi connectivity index (χ0n) is 9.81. The van der Waals surface area contributed by atoms with Crippen molar-refractivity contribution in [1.29, 1.82) is 0 Å². The molecule has 0 heterocycles. The van der Waals surface area contributed by atoms with Gasteiger partial charge in [-0.05, 0) is 25.5 Å². The maximum atomic E-state index is 9.87. The molecule has 84 valence electrons. The van der Waals surface area contributed by atoms with E-state index in [-0.39, 0.29) is 0 Å². The molecule has 0 aliphatic rings. The van der Waals surface area contributed by atoms with E-state index in [0.717, 1.165) is 17.1 Å². The van der Waals surface area contributed by atoms with Crippen molar-refractivity contribution in [3.05, 3.63) is 11.5 Å². The third kappa shape index (κ3) is 5.71. The van der Waals surface area contributed by atoms with E-state index >= 15 is 0 Å². The lowest BCUT2D eigenvalue weighted by Crippen LogP contribution is -2.23. The molecule has 0 radical (unpaired) electrons. The van der Waals surface area contributed by atoms with Gasteiger partial charge in [0, 0.05) is 4.91 Å². The highest BCUT2D eigenvalue weighted by molar-refractivity contribution is 8.03. The monoisotopic (exact) mass is 216 g/mol. The lowest BCUT2D eigenvalue weighted by Gasteiger charge is -2.23. The van der Waals surface area contributed by atoms with Crippen LogP contribution in [0.15, 0.2) is 11.5 Å². The molecular formula is C12H24OS. The van der Waals surface area contributed by atoms with E-state index in [1.165, 1.54) is 25.7 Å². The van der Waals surface area contributed by atoms with Crippen LogP contribution in [-0.4, -0.2) is 16.5 Å².